The lowest BCUT2D eigenvalue weighted by atomic mass is 9.63. The molecule has 0 saturated carbocycles. The summed E-state index contributed by atoms with van der Waals surface area (Å²) in [5.41, 5.74) is 0.287. The van der Waals surface area contributed by atoms with E-state index in [-0.39, 0.29) is 16.5 Å². The van der Waals surface area contributed by atoms with Gasteiger partial charge in [-0.05, 0) is 48.4 Å². The highest BCUT2D eigenvalue weighted by molar-refractivity contribution is 6.34. The molecule has 5 nitrogen and oxygen atoms in total. The van der Waals surface area contributed by atoms with Crippen molar-refractivity contribution in [3.8, 4) is 11.3 Å². The van der Waals surface area contributed by atoms with Crippen molar-refractivity contribution in [2.45, 2.75) is 45.7 Å². The maximum atomic E-state index is 14.0. The number of fused-ring (bicyclic) bond motifs is 1. The predicted octanol–water partition coefficient (Wildman–Crippen LogP) is 7.02. The van der Waals surface area contributed by atoms with Crippen LogP contribution in [0.15, 0.2) is 42.5 Å². The van der Waals surface area contributed by atoms with Gasteiger partial charge in [-0.1, -0.05) is 50.6 Å². The van der Waals surface area contributed by atoms with Gasteiger partial charge >= 0.3 is 12.1 Å². The number of carboxylic acid groups (broad SMARTS) is 1. The molecular weight excluding hydrogens is 481 g/mol. The number of carbonyl (C=O) groups is 2. The number of benzene rings is 2. The quantitative estimate of drug-likeness (QED) is 0.374. The molecule has 1 heterocycles. The normalized spacial score (nSPS) is 18.3. The van der Waals surface area contributed by atoms with Crippen molar-refractivity contribution in [3.63, 3.8) is 0 Å². The molecule has 0 radical (unpaired) electrons. The zero-order valence-electron chi connectivity index (χ0n) is 19.3. The van der Waals surface area contributed by atoms with Gasteiger partial charge in [0.1, 0.15) is 0 Å². The van der Waals surface area contributed by atoms with E-state index in [0.29, 0.717) is 35.4 Å². The number of aryl methyl sites for hydroxylation is 1. The highest BCUT2D eigenvalue weighted by Gasteiger charge is 2.46. The second-order valence-electron chi connectivity index (χ2n) is 9.86. The van der Waals surface area contributed by atoms with Gasteiger partial charge in [0.15, 0.2) is 5.78 Å². The Morgan fingerprint density at radius 3 is 2.31 bits per heavy atom. The molecule has 1 aromatic heterocycles. The lowest BCUT2D eigenvalue weighted by molar-refractivity contribution is -0.137. The van der Waals surface area contributed by atoms with Crippen LogP contribution in [0.1, 0.15) is 70.6 Å². The van der Waals surface area contributed by atoms with Crippen molar-refractivity contribution in [1.29, 1.82) is 0 Å². The summed E-state index contributed by atoms with van der Waals surface area (Å²) in [5, 5.41) is 16.3. The minimum absolute atomic E-state index is 0.0873. The molecular formula is C26H24ClF3N2O3. The summed E-state index contributed by atoms with van der Waals surface area (Å²) in [6.07, 6.45) is -3.59. The fourth-order valence-electron chi connectivity index (χ4n) is 4.98. The first kappa shape index (κ1) is 25.0. The van der Waals surface area contributed by atoms with Gasteiger partial charge in [-0.3, -0.25) is 9.89 Å². The molecule has 0 spiro atoms. The largest absolute Gasteiger partial charge is 0.478 e. The molecule has 2 N–H and O–H groups in total. The van der Waals surface area contributed by atoms with E-state index < -0.39 is 40.4 Å². The van der Waals surface area contributed by atoms with Crippen molar-refractivity contribution in [3.05, 3.63) is 75.4 Å². The first-order chi connectivity index (χ1) is 16.3. The highest BCUT2D eigenvalue weighted by Crippen LogP contribution is 2.50. The molecule has 2 atom stereocenters. The number of ketones is 1. The summed E-state index contributed by atoms with van der Waals surface area (Å²) in [7, 11) is 0. The number of Topliss-reactive ketones (excluding diaryl/α,β-unsaturated/α-hetero) is 1. The van der Waals surface area contributed by atoms with Crippen LogP contribution in [0, 0.1) is 11.3 Å². The van der Waals surface area contributed by atoms with E-state index in [1.54, 1.807) is 12.1 Å². The summed E-state index contributed by atoms with van der Waals surface area (Å²) >= 11 is 6.22. The van der Waals surface area contributed by atoms with Gasteiger partial charge in [-0.15, -0.1) is 0 Å². The number of alkyl halides is 3. The highest BCUT2D eigenvalue weighted by atomic mass is 35.5. The second kappa shape index (κ2) is 8.82. The predicted molar refractivity (Wildman–Crippen MR) is 126 cm³/mol. The van der Waals surface area contributed by atoms with Crippen LogP contribution in [-0.2, 0) is 12.6 Å². The number of aromatic amines is 1. The Bertz CT molecular complexity index is 1290. The van der Waals surface area contributed by atoms with Crippen LogP contribution < -0.4 is 0 Å². The summed E-state index contributed by atoms with van der Waals surface area (Å²) in [6, 6.07) is 9.36. The number of rotatable bonds is 4. The Kier molecular flexibility index (Phi) is 6.30. The standard InChI is InChI=1S/C26H24ClF3N2O3/c1-25(2,3)15-11-12-18-21(22(32-31-18)13-7-9-14(10-8-13)24(34)35)20(15)23(33)19-16(26(28,29)30)5-4-6-17(19)27/h4-10,15,20H,11-12H2,1-3H3,(H,31,32)(H,34,35). The van der Waals surface area contributed by atoms with E-state index in [0.717, 1.165) is 6.07 Å². The molecule has 0 saturated heterocycles. The fraction of sp³-hybridized carbons (Fsp3) is 0.346. The van der Waals surface area contributed by atoms with Gasteiger partial charge in [-0.25, -0.2) is 4.79 Å². The van der Waals surface area contributed by atoms with Crippen molar-refractivity contribution in [2.24, 2.45) is 11.3 Å². The van der Waals surface area contributed by atoms with Crippen molar-refractivity contribution in [1.82, 2.24) is 10.2 Å². The van der Waals surface area contributed by atoms with Gasteiger partial charge in [0.25, 0.3) is 0 Å². The monoisotopic (exact) mass is 504 g/mol. The Balaban J connectivity index is 1.93. The van der Waals surface area contributed by atoms with Crippen molar-refractivity contribution >= 4 is 23.4 Å². The van der Waals surface area contributed by atoms with E-state index in [1.807, 2.05) is 20.8 Å². The summed E-state index contributed by atoms with van der Waals surface area (Å²) in [6.45, 7) is 5.88. The fourth-order valence-corrected chi connectivity index (χ4v) is 5.25. The molecule has 2 aromatic carbocycles. The Hall–Kier alpha value is -3.13. The van der Waals surface area contributed by atoms with Crippen molar-refractivity contribution < 1.29 is 27.9 Å². The minimum atomic E-state index is -4.75. The minimum Gasteiger partial charge on any atom is -0.478 e. The van der Waals surface area contributed by atoms with Gasteiger partial charge in [0.05, 0.1) is 27.8 Å². The number of aromatic carboxylic acids is 1. The van der Waals surface area contributed by atoms with Crippen LogP contribution in [0.4, 0.5) is 13.2 Å². The number of hydrogen-bond acceptors (Lipinski definition) is 3. The zero-order chi connectivity index (χ0) is 25.7. The average molecular weight is 505 g/mol. The van der Waals surface area contributed by atoms with Crippen LogP contribution in [0.25, 0.3) is 11.3 Å². The molecule has 2 unspecified atom stereocenters. The first-order valence-electron chi connectivity index (χ1n) is 11.1. The lowest BCUT2D eigenvalue weighted by Gasteiger charge is -2.40. The van der Waals surface area contributed by atoms with E-state index in [9.17, 15) is 27.9 Å². The number of nitrogens with zero attached hydrogens (tertiary/aromatic N) is 1. The zero-order valence-corrected chi connectivity index (χ0v) is 20.1. The molecule has 0 aliphatic heterocycles. The molecule has 0 amide bonds. The molecule has 9 heteroatoms. The van der Waals surface area contributed by atoms with Crippen molar-refractivity contribution in [2.75, 3.05) is 0 Å². The molecule has 0 bridgehead atoms. The topological polar surface area (TPSA) is 83.1 Å². The number of hydrogen-bond donors (Lipinski definition) is 2. The Morgan fingerprint density at radius 1 is 1.09 bits per heavy atom. The number of carboxylic acids is 1. The number of nitrogens with one attached hydrogen (secondary N) is 1. The van der Waals surface area contributed by atoms with Crippen LogP contribution in [-0.4, -0.2) is 27.1 Å². The molecule has 1 aliphatic rings. The van der Waals surface area contributed by atoms with Crippen LogP contribution in [0.2, 0.25) is 5.02 Å². The number of H-pyrrole nitrogens is 1. The Morgan fingerprint density at radius 2 is 1.74 bits per heavy atom. The number of halogens is 4. The molecule has 3 aromatic rings. The second-order valence-corrected chi connectivity index (χ2v) is 10.3. The number of carbonyl (C=O) groups excluding carboxylic acids is 1. The third-order valence-corrected chi connectivity index (χ3v) is 6.98. The first-order valence-corrected chi connectivity index (χ1v) is 11.5. The average Bonchev–Trinajstić information content (AvgIpc) is 3.21. The van der Waals surface area contributed by atoms with E-state index in [4.69, 9.17) is 11.6 Å². The van der Waals surface area contributed by atoms with Crippen LogP contribution >= 0.6 is 11.6 Å². The summed E-state index contributed by atoms with van der Waals surface area (Å²) in [5.74, 6) is -2.99. The third-order valence-electron chi connectivity index (χ3n) is 6.67. The molecule has 35 heavy (non-hydrogen) atoms. The third kappa shape index (κ3) is 4.59. The maximum absolute atomic E-state index is 14.0. The molecule has 184 valence electrons. The summed E-state index contributed by atoms with van der Waals surface area (Å²) in [4.78, 5) is 25.3. The van der Waals surface area contributed by atoms with Gasteiger partial charge in [-0.2, -0.15) is 18.3 Å². The van der Waals surface area contributed by atoms with Gasteiger partial charge in [0.2, 0.25) is 0 Å². The van der Waals surface area contributed by atoms with Gasteiger partial charge in [0, 0.05) is 22.4 Å². The van der Waals surface area contributed by atoms with Crippen LogP contribution in [0.5, 0.6) is 0 Å². The molecule has 1 aliphatic carbocycles. The van der Waals surface area contributed by atoms with E-state index >= 15 is 0 Å². The SMILES string of the molecule is CC(C)(C)C1CCc2[nH]nc(-c3ccc(C(=O)O)cc3)c2C1C(=O)c1c(Cl)cccc1C(F)(F)F. The maximum Gasteiger partial charge on any atom is 0.417 e. The molecule has 4 rings (SSSR count). The lowest BCUT2D eigenvalue weighted by Crippen LogP contribution is -2.36. The van der Waals surface area contributed by atoms with E-state index in [1.165, 1.54) is 24.3 Å². The Labute approximate surface area is 205 Å². The van der Waals surface area contributed by atoms with Crippen LogP contribution in [0.3, 0.4) is 0 Å². The summed E-state index contributed by atoms with van der Waals surface area (Å²) < 4.78 is 41.7. The molecule has 0 fully saturated rings. The smallest absolute Gasteiger partial charge is 0.417 e. The number of aromatic nitrogens is 2. The van der Waals surface area contributed by atoms with E-state index in [2.05, 4.69) is 10.2 Å². The van der Waals surface area contributed by atoms with Gasteiger partial charge < -0.3 is 5.11 Å².